The number of carbonyl (C=O) groups excluding carboxylic acids is 3. The summed E-state index contributed by atoms with van der Waals surface area (Å²) in [5.74, 6) is 0.268. The van der Waals surface area contributed by atoms with Crippen molar-refractivity contribution < 1.29 is 23.9 Å². The Balaban J connectivity index is 1.49. The molecule has 2 aliphatic rings. The number of amides is 3. The molecule has 2 heterocycles. The quantitative estimate of drug-likeness (QED) is 0.595. The number of carbonyl (C=O) groups is 3. The van der Waals surface area contributed by atoms with Gasteiger partial charge in [0.25, 0.3) is 11.8 Å². The number of hydrogen-bond donors (Lipinski definition) is 2. The van der Waals surface area contributed by atoms with Crippen LogP contribution in [0.3, 0.4) is 0 Å². The summed E-state index contributed by atoms with van der Waals surface area (Å²) in [5.41, 5.74) is 0.171. The molecule has 10 heteroatoms. The third-order valence-electron chi connectivity index (χ3n) is 6.93. The topological polar surface area (TPSA) is 115 Å². The second-order valence-corrected chi connectivity index (χ2v) is 9.22. The van der Waals surface area contributed by atoms with Crippen molar-refractivity contribution in [2.24, 2.45) is 0 Å². The molecule has 1 aromatic carbocycles. The van der Waals surface area contributed by atoms with E-state index in [1.54, 1.807) is 38.2 Å². The maximum Gasteiger partial charge on any atom is 0.273 e. The fourth-order valence-electron chi connectivity index (χ4n) is 4.92. The number of nitrogens with one attached hydrogen (secondary N) is 2. The summed E-state index contributed by atoms with van der Waals surface area (Å²) in [7, 11) is 3.11. The van der Waals surface area contributed by atoms with Crippen molar-refractivity contribution in [2.45, 2.75) is 64.2 Å². The third-order valence-corrected chi connectivity index (χ3v) is 6.93. The van der Waals surface area contributed by atoms with Crippen LogP contribution in [-0.2, 0) is 17.9 Å². The highest BCUT2D eigenvalue weighted by Gasteiger charge is 2.48. The van der Waals surface area contributed by atoms with Crippen molar-refractivity contribution in [3.8, 4) is 11.5 Å². The van der Waals surface area contributed by atoms with Gasteiger partial charge in [-0.15, -0.1) is 0 Å². The molecule has 188 valence electrons. The van der Waals surface area contributed by atoms with E-state index >= 15 is 0 Å². The molecule has 4 rings (SSSR count). The van der Waals surface area contributed by atoms with Crippen molar-refractivity contribution in [3.05, 3.63) is 41.2 Å². The predicted molar refractivity (Wildman–Crippen MR) is 128 cm³/mol. The molecule has 0 bridgehead atoms. The van der Waals surface area contributed by atoms with Gasteiger partial charge in [0.1, 0.15) is 11.2 Å². The zero-order chi connectivity index (χ0) is 25.2. The first kappa shape index (κ1) is 24.6. The van der Waals surface area contributed by atoms with Gasteiger partial charge in [-0.05, 0) is 44.4 Å². The number of methoxy groups -OCH3 is 2. The normalized spacial score (nSPS) is 19.9. The third kappa shape index (κ3) is 4.69. The first-order chi connectivity index (χ1) is 16.8. The maximum atomic E-state index is 13.3. The molecule has 0 saturated heterocycles. The van der Waals surface area contributed by atoms with E-state index in [-0.39, 0.29) is 36.6 Å². The molecule has 2 N–H and O–H groups in total. The molecule has 1 atom stereocenters. The van der Waals surface area contributed by atoms with Crippen LogP contribution in [0.1, 0.15) is 66.1 Å². The number of nitrogens with zero attached hydrogens (tertiary/aromatic N) is 3. The number of likely N-dealkylation sites (N-methyl/N-ethyl adjacent to an activating group) is 1. The number of ether oxygens (including phenoxy) is 2. The minimum atomic E-state index is -1.08. The molecule has 0 unspecified atom stereocenters. The summed E-state index contributed by atoms with van der Waals surface area (Å²) in [4.78, 5) is 41.0. The number of fused-ring (bicyclic) bond motifs is 1. The SMILES string of the molecule is CCN1C(=O)c2cc(C(=O)NCc3ccc(OC)c(OC)c3)nn2C[C@@]1(C)C(=O)NC1CCCC1. The Morgan fingerprint density at radius 1 is 1.14 bits per heavy atom. The van der Waals surface area contributed by atoms with E-state index in [1.807, 2.05) is 13.0 Å². The van der Waals surface area contributed by atoms with E-state index in [1.165, 1.54) is 10.7 Å². The molecule has 1 aromatic heterocycles. The Morgan fingerprint density at radius 2 is 1.86 bits per heavy atom. The maximum absolute atomic E-state index is 13.3. The van der Waals surface area contributed by atoms with Crippen molar-refractivity contribution in [2.75, 3.05) is 20.8 Å². The summed E-state index contributed by atoms with van der Waals surface area (Å²) in [6, 6.07) is 7.02. The Morgan fingerprint density at radius 3 is 2.51 bits per heavy atom. The summed E-state index contributed by atoms with van der Waals surface area (Å²) in [6.45, 7) is 4.42. The van der Waals surface area contributed by atoms with E-state index < -0.39 is 11.4 Å². The van der Waals surface area contributed by atoms with Crippen LogP contribution in [0.4, 0.5) is 0 Å². The molecule has 2 aromatic rings. The fourth-order valence-corrected chi connectivity index (χ4v) is 4.92. The number of hydrogen-bond acceptors (Lipinski definition) is 6. The standard InChI is InChI=1S/C25H33N5O5/c1-5-29-23(32)19-13-18(22(31)26-14-16-10-11-20(34-3)21(12-16)35-4)28-30(19)15-25(29,2)24(33)27-17-8-6-7-9-17/h10-13,17H,5-9,14-15H2,1-4H3,(H,26,31)(H,27,33)/t25-/m0/s1. The highest BCUT2D eigenvalue weighted by molar-refractivity contribution is 6.01. The lowest BCUT2D eigenvalue weighted by atomic mass is 9.94. The molecule has 0 radical (unpaired) electrons. The van der Waals surface area contributed by atoms with Gasteiger partial charge in [0.15, 0.2) is 17.2 Å². The van der Waals surface area contributed by atoms with Gasteiger partial charge < -0.3 is 25.0 Å². The minimum Gasteiger partial charge on any atom is -0.493 e. The average molecular weight is 484 g/mol. The van der Waals surface area contributed by atoms with E-state index in [2.05, 4.69) is 15.7 Å². The van der Waals surface area contributed by atoms with E-state index in [0.717, 1.165) is 31.2 Å². The molecule has 0 spiro atoms. The second-order valence-electron chi connectivity index (χ2n) is 9.22. The van der Waals surface area contributed by atoms with Crippen molar-refractivity contribution in [1.82, 2.24) is 25.3 Å². The van der Waals surface area contributed by atoms with Crippen LogP contribution >= 0.6 is 0 Å². The Labute approximate surface area is 204 Å². The van der Waals surface area contributed by atoms with Crippen LogP contribution in [-0.4, -0.2) is 64.7 Å². The summed E-state index contributed by atoms with van der Waals surface area (Å²) in [5, 5.41) is 10.3. The summed E-state index contributed by atoms with van der Waals surface area (Å²) >= 11 is 0. The number of benzene rings is 1. The highest BCUT2D eigenvalue weighted by Crippen LogP contribution is 2.29. The number of aromatic nitrogens is 2. The molecule has 35 heavy (non-hydrogen) atoms. The second kappa shape index (κ2) is 9.97. The van der Waals surface area contributed by atoms with Crippen molar-refractivity contribution >= 4 is 17.7 Å². The lowest BCUT2D eigenvalue weighted by Crippen LogP contribution is -2.64. The first-order valence-corrected chi connectivity index (χ1v) is 12.0. The van der Waals surface area contributed by atoms with Gasteiger partial charge >= 0.3 is 0 Å². The predicted octanol–water partition coefficient (Wildman–Crippen LogP) is 2.12. The molecular weight excluding hydrogens is 450 g/mol. The van der Waals surface area contributed by atoms with Crippen LogP contribution in [0.5, 0.6) is 11.5 Å². The molecule has 1 aliphatic heterocycles. The van der Waals surface area contributed by atoms with Gasteiger partial charge in [-0.3, -0.25) is 19.1 Å². The zero-order valence-electron chi connectivity index (χ0n) is 20.7. The number of rotatable bonds is 8. The lowest BCUT2D eigenvalue weighted by Gasteiger charge is -2.43. The summed E-state index contributed by atoms with van der Waals surface area (Å²) < 4.78 is 12.0. The van der Waals surface area contributed by atoms with Crippen LogP contribution in [0, 0.1) is 0 Å². The molecule has 1 fully saturated rings. The lowest BCUT2D eigenvalue weighted by molar-refractivity contribution is -0.133. The Hall–Kier alpha value is -3.56. The average Bonchev–Trinajstić information content (AvgIpc) is 3.52. The monoisotopic (exact) mass is 483 g/mol. The Kier molecular flexibility index (Phi) is 7.00. The molecule has 1 aliphatic carbocycles. The van der Waals surface area contributed by atoms with Crippen LogP contribution < -0.4 is 20.1 Å². The van der Waals surface area contributed by atoms with Gasteiger partial charge in [0.05, 0.1) is 20.8 Å². The van der Waals surface area contributed by atoms with Crippen molar-refractivity contribution in [3.63, 3.8) is 0 Å². The molecule has 3 amide bonds. The fraction of sp³-hybridized carbons (Fsp3) is 0.520. The smallest absolute Gasteiger partial charge is 0.273 e. The zero-order valence-corrected chi connectivity index (χ0v) is 20.7. The van der Waals surface area contributed by atoms with Crippen LogP contribution in [0.2, 0.25) is 0 Å². The van der Waals surface area contributed by atoms with Gasteiger partial charge in [-0.2, -0.15) is 5.10 Å². The van der Waals surface area contributed by atoms with Crippen LogP contribution in [0.25, 0.3) is 0 Å². The van der Waals surface area contributed by atoms with Gasteiger partial charge in [-0.1, -0.05) is 18.9 Å². The van der Waals surface area contributed by atoms with E-state index in [4.69, 9.17) is 9.47 Å². The van der Waals surface area contributed by atoms with Crippen LogP contribution in [0.15, 0.2) is 24.3 Å². The van der Waals surface area contributed by atoms with Gasteiger partial charge in [-0.25, -0.2) is 0 Å². The Bertz CT molecular complexity index is 1120. The van der Waals surface area contributed by atoms with Crippen molar-refractivity contribution in [1.29, 1.82) is 0 Å². The molecule has 1 saturated carbocycles. The van der Waals surface area contributed by atoms with E-state index in [9.17, 15) is 14.4 Å². The van der Waals surface area contributed by atoms with Gasteiger partial charge in [0.2, 0.25) is 5.91 Å². The minimum absolute atomic E-state index is 0.130. The molecule has 10 nitrogen and oxygen atoms in total. The highest BCUT2D eigenvalue weighted by atomic mass is 16.5. The van der Waals surface area contributed by atoms with Gasteiger partial charge in [0, 0.05) is 25.2 Å². The molecular formula is C25H33N5O5. The largest absolute Gasteiger partial charge is 0.493 e. The first-order valence-electron chi connectivity index (χ1n) is 12.0. The summed E-state index contributed by atoms with van der Waals surface area (Å²) in [6.07, 6.45) is 4.12. The van der Waals surface area contributed by atoms with E-state index in [0.29, 0.717) is 23.7 Å².